The number of carbonyl (C=O) groups is 1. The van der Waals surface area contributed by atoms with Crippen LogP contribution in [0.4, 0.5) is 5.95 Å². The maximum Gasteiger partial charge on any atom is 0.225 e. The summed E-state index contributed by atoms with van der Waals surface area (Å²) in [6.07, 6.45) is 6.53. The summed E-state index contributed by atoms with van der Waals surface area (Å²) in [6.45, 7) is 7.29. The number of nitrogens with zero attached hydrogens (tertiary/aromatic N) is 5. The van der Waals surface area contributed by atoms with Crippen molar-refractivity contribution >= 4 is 53.6 Å². The van der Waals surface area contributed by atoms with Crippen molar-refractivity contribution in [2.24, 2.45) is 4.99 Å². The molecule has 162 valence electrons. The second-order valence-corrected chi connectivity index (χ2v) is 8.36. The Morgan fingerprint density at radius 1 is 1.24 bits per heavy atom. The lowest BCUT2D eigenvalue weighted by atomic mass is 10.2. The van der Waals surface area contributed by atoms with E-state index in [-0.39, 0.29) is 29.9 Å². The number of carbonyl (C=O) groups excluding carboxylic acids is 1. The second-order valence-electron chi connectivity index (χ2n) is 6.95. The number of rotatable bonds is 7. The van der Waals surface area contributed by atoms with Crippen molar-refractivity contribution in [3.05, 3.63) is 18.5 Å². The first-order chi connectivity index (χ1) is 13.8. The van der Waals surface area contributed by atoms with Crippen LogP contribution in [0.3, 0.4) is 0 Å². The number of aliphatic imine (C=N–C) groups is 1. The van der Waals surface area contributed by atoms with Crippen LogP contribution in [0.1, 0.15) is 26.2 Å². The predicted octanol–water partition coefficient (Wildman–Crippen LogP) is 1.58. The van der Waals surface area contributed by atoms with Gasteiger partial charge in [-0.1, -0.05) is 0 Å². The third kappa shape index (κ3) is 7.80. The number of aromatic nitrogens is 2. The van der Waals surface area contributed by atoms with Crippen molar-refractivity contribution in [2.45, 2.75) is 31.4 Å². The van der Waals surface area contributed by atoms with Crippen molar-refractivity contribution in [1.82, 2.24) is 25.5 Å². The normalized spacial score (nSPS) is 19.6. The first-order valence-electron chi connectivity index (χ1n) is 10.2. The van der Waals surface area contributed by atoms with Gasteiger partial charge in [0, 0.05) is 63.3 Å². The van der Waals surface area contributed by atoms with E-state index in [9.17, 15) is 4.79 Å². The number of thioether (sulfide) groups is 1. The first kappa shape index (κ1) is 24.0. The van der Waals surface area contributed by atoms with Gasteiger partial charge in [0.25, 0.3) is 0 Å². The fourth-order valence-electron chi connectivity index (χ4n) is 3.38. The van der Waals surface area contributed by atoms with Gasteiger partial charge < -0.3 is 20.4 Å². The fourth-order valence-corrected chi connectivity index (χ4v) is 4.56. The van der Waals surface area contributed by atoms with Crippen LogP contribution < -0.4 is 15.5 Å². The molecule has 0 aliphatic carbocycles. The van der Waals surface area contributed by atoms with E-state index < -0.39 is 0 Å². The molecule has 10 heteroatoms. The Balaban J connectivity index is 0.00000300. The molecule has 2 saturated heterocycles. The number of piperazine rings is 1. The molecule has 0 radical (unpaired) electrons. The molecule has 2 aliphatic heterocycles. The smallest absolute Gasteiger partial charge is 0.225 e. The highest BCUT2D eigenvalue weighted by Crippen LogP contribution is 2.25. The summed E-state index contributed by atoms with van der Waals surface area (Å²) in [7, 11) is 0. The van der Waals surface area contributed by atoms with Crippen molar-refractivity contribution in [3.8, 4) is 0 Å². The zero-order valence-corrected chi connectivity index (χ0v) is 20.2. The van der Waals surface area contributed by atoms with Gasteiger partial charge in [-0.25, -0.2) is 9.97 Å². The van der Waals surface area contributed by atoms with Gasteiger partial charge in [0.05, 0.1) is 6.54 Å². The lowest BCUT2D eigenvalue weighted by Crippen LogP contribution is -2.50. The standard InChI is InChI=1S/C19H31N7OS.HI/c1-2-20-18(24-15-16-5-3-14-28-16)21-9-6-17(27)25-10-12-26(13-11-25)19-22-7-4-8-23-19;/h4,7-8,16H,2-3,5-6,9-15H2,1H3,(H2,20,21,24);1H. The molecule has 3 heterocycles. The summed E-state index contributed by atoms with van der Waals surface area (Å²) in [6, 6.07) is 1.81. The largest absolute Gasteiger partial charge is 0.357 e. The van der Waals surface area contributed by atoms with Crippen LogP contribution in [-0.4, -0.2) is 83.6 Å². The maximum atomic E-state index is 12.5. The van der Waals surface area contributed by atoms with E-state index in [1.807, 2.05) is 22.7 Å². The highest BCUT2D eigenvalue weighted by atomic mass is 127. The maximum absolute atomic E-state index is 12.5. The van der Waals surface area contributed by atoms with Gasteiger partial charge in [0.1, 0.15) is 0 Å². The van der Waals surface area contributed by atoms with Crippen molar-refractivity contribution in [2.75, 3.05) is 56.5 Å². The van der Waals surface area contributed by atoms with E-state index in [1.54, 1.807) is 12.4 Å². The van der Waals surface area contributed by atoms with Gasteiger partial charge in [0.2, 0.25) is 11.9 Å². The van der Waals surface area contributed by atoms with Crippen LogP contribution in [0.25, 0.3) is 0 Å². The van der Waals surface area contributed by atoms with Crippen LogP contribution in [-0.2, 0) is 4.79 Å². The molecule has 0 saturated carbocycles. The number of guanidine groups is 1. The van der Waals surface area contributed by atoms with Crippen LogP contribution in [0.2, 0.25) is 0 Å². The molecule has 2 aliphatic rings. The van der Waals surface area contributed by atoms with Gasteiger partial charge in [0.15, 0.2) is 5.96 Å². The van der Waals surface area contributed by atoms with E-state index in [2.05, 4.69) is 37.4 Å². The SMILES string of the molecule is CCNC(=NCC1CCCS1)NCCC(=O)N1CCN(c2ncccn2)CC1.I. The molecule has 3 rings (SSSR count). The van der Waals surface area contributed by atoms with Gasteiger partial charge in [-0.2, -0.15) is 11.8 Å². The molecule has 1 aromatic heterocycles. The predicted molar refractivity (Wildman–Crippen MR) is 130 cm³/mol. The number of hydrogen-bond donors (Lipinski definition) is 2. The van der Waals surface area contributed by atoms with Gasteiger partial charge in [-0.3, -0.25) is 9.79 Å². The average Bonchev–Trinajstić information content (AvgIpc) is 3.26. The quantitative estimate of drug-likeness (QED) is 0.313. The Bertz CT molecular complexity index is 635. The first-order valence-corrected chi connectivity index (χ1v) is 11.2. The Hall–Kier alpha value is -1.30. The summed E-state index contributed by atoms with van der Waals surface area (Å²) in [5.41, 5.74) is 0. The molecule has 1 unspecified atom stereocenters. The second kappa shape index (κ2) is 13.1. The van der Waals surface area contributed by atoms with Crippen molar-refractivity contribution in [3.63, 3.8) is 0 Å². The molecular weight excluding hydrogens is 501 g/mol. The van der Waals surface area contributed by atoms with Crippen LogP contribution in [0, 0.1) is 0 Å². The van der Waals surface area contributed by atoms with Crippen molar-refractivity contribution < 1.29 is 4.79 Å². The molecule has 2 N–H and O–H groups in total. The molecule has 1 amide bonds. The monoisotopic (exact) mass is 533 g/mol. The minimum Gasteiger partial charge on any atom is -0.357 e. The van der Waals surface area contributed by atoms with E-state index in [4.69, 9.17) is 0 Å². The Kier molecular flexibility index (Phi) is 10.8. The Labute approximate surface area is 194 Å². The number of halogens is 1. The van der Waals surface area contributed by atoms with Crippen LogP contribution in [0.15, 0.2) is 23.5 Å². The molecular formula is C19H32IN7OS. The topological polar surface area (TPSA) is 85.8 Å². The number of amides is 1. The number of anilines is 1. The number of nitrogens with one attached hydrogen (secondary N) is 2. The third-order valence-electron chi connectivity index (χ3n) is 4.92. The third-order valence-corrected chi connectivity index (χ3v) is 6.30. The van der Waals surface area contributed by atoms with Gasteiger partial charge in [-0.05, 0) is 31.6 Å². The van der Waals surface area contributed by atoms with Gasteiger partial charge in [-0.15, -0.1) is 24.0 Å². The molecule has 1 atom stereocenters. The number of hydrogen-bond acceptors (Lipinski definition) is 6. The molecule has 2 fully saturated rings. The van der Waals surface area contributed by atoms with Gasteiger partial charge >= 0.3 is 0 Å². The zero-order valence-electron chi connectivity index (χ0n) is 17.0. The molecule has 1 aromatic rings. The van der Waals surface area contributed by atoms with Crippen molar-refractivity contribution in [1.29, 1.82) is 0 Å². The van der Waals surface area contributed by atoms with E-state index in [1.165, 1.54) is 18.6 Å². The lowest BCUT2D eigenvalue weighted by molar-refractivity contribution is -0.131. The summed E-state index contributed by atoms with van der Waals surface area (Å²) in [4.78, 5) is 29.8. The fraction of sp³-hybridized carbons (Fsp3) is 0.684. The molecule has 0 aromatic carbocycles. The molecule has 8 nitrogen and oxygen atoms in total. The molecule has 0 spiro atoms. The molecule has 29 heavy (non-hydrogen) atoms. The summed E-state index contributed by atoms with van der Waals surface area (Å²) < 4.78 is 0. The Morgan fingerprint density at radius 2 is 2.00 bits per heavy atom. The Morgan fingerprint density at radius 3 is 2.66 bits per heavy atom. The summed E-state index contributed by atoms with van der Waals surface area (Å²) in [5, 5.41) is 7.21. The minimum absolute atomic E-state index is 0. The van der Waals surface area contributed by atoms with Crippen LogP contribution >= 0.6 is 35.7 Å². The van der Waals surface area contributed by atoms with Crippen LogP contribution in [0.5, 0.6) is 0 Å². The van der Waals surface area contributed by atoms with E-state index in [0.717, 1.165) is 38.1 Å². The average molecular weight is 533 g/mol. The highest BCUT2D eigenvalue weighted by molar-refractivity contribution is 14.0. The summed E-state index contributed by atoms with van der Waals surface area (Å²) >= 11 is 2.01. The zero-order chi connectivity index (χ0) is 19.6. The molecule has 0 bridgehead atoms. The van der Waals surface area contributed by atoms with E-state index >= 15 is 0 Å². The summed E-state index contributed by atoms with van der Waals surface area (Å²) in [5.74, 6) is 2.99. The highest BCUT2D eigenvalue weighted by Gasteiger charge is 2.22. The van der Waals surface area contributed by atoms with E-state index in [0.29, 0.717) is 31.3 Å². The lowest BCUT2D eigenvalue weighted by Gasteiger charge is -2.34. The minimum atomic E-state index is 0.